The van der Waals surface area contributed by atoms with Gasteiger partial charge in [0, 0.05) is 23.1 Å². The molecule has 0 aliphatic carbocycles. The Morgan fingerprint density at radius 3 is 2.91 bits per heavy atom. The smallest absolute Gasteiger partial charge is 0.231 e. The lowest BCUT2D eigenvalue weighted by Gasteiger charge is -2.25. The van der Waals surface area contributed by atoms with Crippen LogP contribution in [-0.4, -0.2) is 18.3 Å². The first kappa shape index (κ1) is 12.1. The average molecular weight is 292 g/mol. The first-order chi connectivity index (χ1) is 10.9. The second kappa shape index (κ2) is 4.52. The lowest BCUT2D eigenvalue weighted by atomic mass is 9.94. The van der Waals surface area contributed by atoms with Crippen LogP contribution in [0.5, 0.6) is 11.5 Å². The fourth-order valence-corrected chi connectivity index (χ4v) is 3.56. The van der Waals surface area contributed by atoms with E-state index in [1.165, 1.54) is 27.7 Å². The Morgan fingerprint density at radius 1 is 1.00 bits per heavy atom. The van der Waals surface area contributed by atoms with Gasteiger partial charge in [0.2, 0.25) is 6.79 Å². The van der Waals surface area contributed by atoms with Crippen LogP contribution >= 0.6 is 0 Å². The number of hydrogen-bond acceptors (Lipinski definition) is 3. The number of para-hydroxylation sites is 1. The van der Waals surface area contributed by atoms with Crippen LogP contribution in [0.25, 0.3) is 10.9 Å². The molecule has 2 aromatic carbocycles. The molecule has 0 spiro atoms. The van der Waals surface area contributed by atoms with Crippen LogP contribution < -0.4 is 14.8 Å². The minimum atomic E-state index is 0.172. The molecule has 2 aliphatic heterocycles. The molecule has 3 heterocycles. The van der Waals surface area contributed by atoms with Gasteiger partial charge >= 0.3 is 0 Å². The van der Waals surface area contributed by atoms with Crippen molar-refractivity contribution in [2.45, 2.75) is 12.5 Å². The Morgan fingerprint density at radius 2 is 1.91 bits per heavy atom. The number of nitrogens with one attached hydrogen (secondary N) is 2. The van der Waals surface area contributed by atoms with Crippen LogP contribution in [0.1, 0.15) is 22.9 Å². The molecule has 5 rings (SSSR count). The zero-order valence-corrected chi connectivity index (χ0v) is 12.1. The lowest BCUT2D eigenvalue weighted by molar-refractivity contribution is 0.174. The zero-order chi connectivity index (χ0) is 14.5. The van der Waals surface area contributed by atoms with Gasteiger partial charge in [0.05, 0.1) is 6.04 Å². The summed E-state index contributed by atoms with van der Waals surface area (Å²) in [6.07, 6.45) is 1.06. The van der Waals surface area contributed by atoms with Crippen molar-refractivity contribution in [2.75, 3.05) is 13.3 Å². The van der Waals surface area contributed by atoms with Gasteiger partial charge in [0.1, 0.15) is 0 Å². The summed E-state index contributed by atoms with van der Waals surface area (Å²) in [5.41, 5.74) is 5.11. The highest BCUT2D eigenvalue weighted by atomic mass is 16.7. The summed E-state index contributed by atoms with van der Waals surface area (Å²) in [6.45, 7) is 1.29. The molecule has 4 heteroatoms. The molecule has 3 aromatic rings. The van der Waals surface area contributed by atoms with Gasteiger partial charge in [0.25, 0.3) is 0 Å². The maximum Gasteiger partial charge on any atom is 0.231 e. The number of aromatic nitrogens is 1. The van der Waals surface area contributed by atoms with Crippen LogP contribution in [0.15, 0.2) is 42.5 Å². The molecule has 2 aliphatic rings. The van der Waals surface area contributed by atoms with E-state index >= 15 is 0 Å². The van der Waals surface area contributed by atoms with Gasteiger partial charge in [-0.2, -0.15) is 0 Å². The predicted molar refractivity (Wildman–Crippen MR) is 84.4 cm³/mol. The van der Waals surface area contributed by atoms with Gasteiger partial charge in [-0.05, 0) is 35.7 Å². The molecule has 0 amide bonds. The van der Waals surface area contributed by atoms with Crippen molar-refractivity contribution >= 4 is 10.9 Å². The quantitative estimate of drug-likeness (QED) is 0.724. The Balaban J connectivity index is 1.65. The van der Waals surface area contributed by atoms with E-state index in [2.05, 4.69) is 46.7 Å². The van der Waals surface area contributed by atoms with Crippen molar-refractivity contribution in [1.29, 1.82) is 0 Å². The van der Waals surface area contributed by atoms with E-state index in [4.69, 9.17) is 9.47 Å². The molecule has 0 fully saturated rings. The third-order valence-electron chi connectivity index (χ3n) is 4.59. The first-order valence-corrected chi connectivity index (χ1v) is 7.62. The zero-order valence-electron chi connectivity index (χ0n) is 12.1. The lowest BCUT2D eigenvalue weighted by Crippen LogP contribution is -2.30. The average Bonchev–Trinajstić information content (AvgIpc) is 3.18. The van der Waals surface area contributed by atoms with Crippen LogP contribution in [0.4, 0.5) is 0 Å². The Kier molecular flexibility index (Phi) is 2.49. The number of aromatic amines is 1. The van der Waals surface area contributed by atoms with Crippen molar-refractivity contribution < 1.29 is 9.47 Å². The molecular weight excluding hydrogens is 276 g/mol. The van der Waals surface area contributed by atoms with Crippen LogP contribution in [0, 0.1) is 0 Å². The molecule has 110 valence electrons. The Hall–Kier alpha value is -2.46. The maximum absolute atomic E-state index is 5.52. The molecule has 0 radical (unpaired) electrons. The number of rotatable bonds is 1. The van der Waals surface area contributed by atoms with E-state index in [0.717, 1.165) is 24.5 Å². The van der Waals surface area contributed by atoms with E-state index in [1.807, 2.05) is 6.07 Å². The third-order valence-corrected chi connectivity index (χ3v) is 4.59. The van der Waals surface area contributed by atoms with Crippen molar-refractivity contribution in [3.05, 3.63) is 59.3 Å². The number of H-pyrrole nitrogens is 1. The molecule has 4 nitrogen and oxygen atoms in total. The van der Waals surface area contributed by atoms with Gasteiger partial charge in [-0.3, -0.25) is 0 Å². The SMILES string of the molecule is c1ccc2c3c([nH]c2c1)[C@@H](c1ccc2c(c1)OCO2)NCC3. The summed E-state index contributed by atoms with van der Waals surface area (Å²) in [5.74, 6) is 1.67. The second-order valence-electron chi connectivity index (χ2n) is 5.81. The van der Waals surface area contributed by atoms with Crippen LogP contribution in [-0.2, 0) is 6.42 Å². The normalized spacial score (nSPS) is 19.4. The first-order valence-electron chi connectivity index (χ1n) is 7.62. The molecule has 22 heavy (non-hydrogen) atoms. The monoisotopic (exact) mass is 292 g/mol. The molecule has 1 aromatic heterocycles. The van der Waals surface area contributed by atoms with E-state index in [1.54, 1.807) is 0 Å². The van der Waals surface area contributed by atoms with Crippen molar-refractivity contribution in [3.8, 4) is 11.5 Å². The van der Waals surface area contributed by atoms with E-state index in [0.29, 0.717) is 6.79 Å². The van der Waals surface area contributed by atoms with Gasteiger partial charge in [0.15, 0.2) is 11.5 Å². The number of benzene rings is 2. The fourth-order valence-electron chi connectivity index (χ4n) is 3.56. The molecule has 0 saturated heterocycles. The largest absolute Gasteiger partial charge is 0.454 e. The summed E-state index contributed by atoms with van der Waals surface area (Å²) in [6, 6.07) is 14.9. The number of hydrogen-bond donors (Lipinski definition) is 2. The van der Waals surface area contributed by atoms with Crippen LogP contribution in [0.2, 0.25) is 0 Å². The molecule has 0 bridgehead atoms. The topological polar surface area (TPSA) is 46.3 Å². The second-order valence-corrected chi connectivity index (χ2v) is 5.81. The summed E-state index contributed by atoms with van der Waals surface area (Å²) in [5, 5.41) is 4.95. The minimum Gasteiger partial charge on any atom is -0.454 e. The van der Waals surface area contributed by atoms with Gasteiger partial charge in [-0.25, -0.2) is 0 Å². The third kappa shape index (κ3) is 1.67. The summed E-state index contributed by atoms with van der Waals surface area (Å²) in [7, 11) is 0. The molecular formula is C18H16N2O2. The Labute approximate surface area is 128 Å². The van der Waals surface area contributed by atoms with E-state index in [9.17, 15) is 0 Å². The maximum atomic E-state index is 5.52. The fraction of sp³-hybridized carbons (Fsp3) is 0.222. The van der Waals surface area contributed by atoms with Gasteiger partial charge < -0.3 is 19.8 Å². The van der Waals surface area contributed by atoms with E-state index in [-0.39, 0.29) is 6.04 Å². The van der Waals surface area contributed by atoms with Gasteiger partial charge in [-0.1, -0.05) is 24.3 Å². The molecule has 0 unspecified atom stereocenters. The summed E-state index contributed by atoms with van der Waals surface area (Å²) >= 11 is 0. The Bertz CT molecular complexity index is 869. The highest BCUT2D eigenvalue weighted by Crippen LogP contribution is 2.38. The molecule has 2 N–H and O–H groups in total. The van der Waals surface area contributed by atoms with Gasteiger partial charge in [-0.15, -0.1) is 0 Å². The van der Waals surface area contributed by atoms with Crippen LogP contribution in [0.3, 0.4) is 0 Å². The highest BCUT2D eigenvalue weighted by Gasteiger charge is 2.26. The van der Waals surface area contributed by atoms with Crippen molar-refractivity contribution in [1.82, 2.24) is 10.3 Å². The van der Waals surface area contributed by atoms with E-state index < -0.39 is 0 Å². The summed E-state index contributed by atoms with van der Waals surface area (Å²) < 4.78 is 10.9. The molecule has 1 atom stereocenters. The highest BCUT2D eigenvalue weighted by molar-refractivity contribution is 5.85. The number of fused-ring (bicyclic) bond motifs is 4. The van der Waals surface area contributed by atoms with Crippen molar-refractivity contribution in [2.24, 2.45) is 0 Å². The molecule has 0 saturated carbocycles. The summed E-state index contributed by atoms with van der Waals surface area (Å²) in [4.78, 5) is 3.60. The predicted octanol–water partition coefficient (Wildman–Crippen LogP) is 3.13. The standard InChI is InChI=1S/C18H16N2O2/c1-2-4-14-12(3-1)13-7-8-19-17(18(13)20-14)11-5-6-15-16(9-11)22-10-21-15/h1-6,9,17,19-20H,7-8,10H2/t17-/m1/s1. The number of ether oxygens (including phenoxy) is 2. The van der Waals surface area contributed by atoms with Crippen molar-refractivity contribution in [3.63, 3.8) is 0 Å². The minimum absolute atomic E-state index is 0.172.